The molecule has 2 aliphatic rings. The van der Waals surface area contributed by atoms with Gasteiger partial charge in [-0.2, -0.15) is 0 Å². The zero-order valence-electron chi connectivity index (χ0n) is 23.3. The molecule has 0 unspecified atom stereocenters. The standard InChI is InChI=1S/C32H37N3O5/c1-3-38-30(36)32(13-17-34(18-14-32)28-11-15-33-24(2)19-28)23-40-29-10-9-26-12-16-35(21-27(26)20-29)31(37)39-22-25-7-5-4-6-8-25/h4-11,15,19-20H,3,12-14,16-18,21-23H2,1-2H3. The highest BCUT2D eigenvalue weighted by atomic mass is 16.6. The first-order valence-electron chi connectivity index (χ1n) is 14.0. The number of benzene rings is 2. The Morgan fingerprint density at radius 3 is 2.50 bits per heavy atom. The summed E-state index contributed by atoms with van der Waals surface area (Å²) in [6, 6.07) is 19.8. The fraction of sp³-hybridized carbons (Fsp3) is 0.406. The zero-order chi connectivity index (χ0) is 28.0. The summed E-state index contributed by atoms with van der Waals surface area (Å²) in [5.74, 6) is 0.486. The third kappa shape index (κ3) is 6.38. The minimum Gasteiger partial charge on any atom is -0.492 e. The second-order valence-corrected chi connectivity index (χ2v) is 10.6. The third-order valence-corrected chi connectivity index (χ3v) is 7.84. The van der Waals surface area contributed by atoms with Crippen LogP contribution in [0.15, 0.2) is 66.9 Å². The molecule has 0 spiro atoms. The van der Waals surface area contributed by atoms with Crippen LogP contribution in [0.4, 0.5) is 10.5 Å². The summed E-state index contributed by atoms with van der Waals surface area (Å²) in [6.45, 7) is 7.19. The van der Waals surface area contributed by atoms with Gasteiger partial charge in [-0.15, -0.1) is 0 Å². The van der Waals surface area contributed by atoms with E-state index in [-0.39, 0.29) is 25.3 Å². The first-order valence-corrected chi connectivity index (χ1v) is 14.0. The topological polar surface area (TPSA) is 81.2 Å². The second-order valence-electron chi connectivity index (χ2n) is 10.6. The lowest BCUT2D eigenvalue weighted by molar-refractivity contribution is -0.159. The molecule has 1 amide bonds. The summed E-state index contributed by atoms with van der Waals surface area (Å²) in [5.41, 5.74) is 4.57. The van der Waals surface area contributed by atoms with E-state index in [0.29, 0.717) is 38.3 Å². The van der Waals surface area contributed by atoms with E-state index in [0.717, 1.165) is 42.0 Å². The van der Waals surface area contributed by atoms with Crippen molar-refractivity contribution in [3.8, 4) is 5.75 Å². The number of esters is 1. The van der Waals surface area contributed by atoms with Gasteiger partial charge in [0.05, 0.1) is 6.61 Å². The number of amides is 1. The number of piperidine rings is 1. The Labute approximate surface area is 235 Å². The molecule has 8 heteroatoms. The molecular formula is C32H37N3O5. The first-order chi connectivity index (χ1) is 19.5. The Kier molecular flexibility index (Phi) is 8.53. The molecule has 1 fully saturated rings. The molecule has 3 aromatic rings. The largest absolute Gasteiger partial charge is 0.492 e. The lowest BCUT2D eigenvalue weighted by Crippen LogP contribution is -2.48. The van der Waals surface area contributed by atoms with Crippen LogP contribution >= 0.6 is 0 Å². The molecule has 40 heavy (non-hydrogen) atoms. The van der Waals surface area contributed by atoms with Gasteiger partial charge in [0.1, 0.15) is 24.4 Å². The quantitative estimate of drug-likeness (QED) is 0.356. The minimum atomic E-state index is -0.711. The number of fused-ring (bicyclic) bond motifs is 1. The van der Waals surface area contributed by atoms with Gasteiger partial charge in [0.2, 0.25) is 0 Å². The molecule has 0 N–H and O–H groups in total. The Morgan fingerprint density at radius 2 is 1.75 bits per heavy atom. The number of carbonyl (C=O) groups is 2. The van der Waals surface area contributed by atoms with Gasteiger partial charge < -0.3 is 24.0 Å². The van der Waals surface area contributed by atoms with Gasteiger partial charge in [0.15, 0.2) is 0 Å². The number of rotatable bonds is 8. The maximum atomic E-state index is 13.2. The van der Waals surface area contributed by atoms with Gasteiger partial charge in [-0.3, -0.25) is 9.78 Å². The summed E-state index contributed by atoms with van der Waals surface area (Å²) in [5, 5.41) is 0. The molecule has 2 aliphatic heterocycles. The summed E-state index contributed by atoms with van der Waals surface area (Å²) in [4.78, 5) is 34.2. The molecule has 8 nitrogen and oxygen atoms in total. The van der Waals surface area contributed by atoms with Gasteiger partial charge in [-0.1, -0.05) is 36.4 Å². The summed E-state index contributed by atoms with van der Waals surface area (Å²) >= 11 is 0. The van der Waals surface area contributed by atoms with Crippen LogP contribution in [-0.4, -0.2) is 54.8 Å². The van der Waals surface area contributed by atoms with Crippen molar-refractivity contribution < 1.29 is 23.8 Å². The maximum Gasteiger partial charge on any atom is 0.410 e. The fourth-order valence-electron chi connectivity index (χ4n) is 5.42. The van der Waals surface area contributed by atoms with Crippen molar-refractivity contribution in [2.24, 2.45) is 5.41 Å². The Balaban J connectivity index is 1.22. The first kappa shape index (κ1) is 27.5. The van der Waals surface area contributed by atoms with E-state index in [2.05, 4.69) is 22.0 Å². The second kappa shape index (κ2) is 12.4. The van der Waals surface area contributed by atoms with Crippen LogP contribution in [0.2, 0.25) is 0 Å². The predicted molar refractivity (Wildman–Crippen MR) is 152 cm³/mol. The van der Waals surface area contributed by atoms with Crippen LogP contribution in [-0.2, 0) is 33.8 Å². The molecule has 0 saturated carbocycles. The number of anilines is 1. The Morgan fingerprint density at radius 1 is 0.950 bits per heavy atom. The molecule has 0 radical (unpaired) electrons. The summed E-state index contributed by atoms with van der Waals surface area (Å²) in [6.07, 6.45) is 3.53. The van der Waals surface area contributed by atoms with E-state index in [1.807, 2.05) is 68.6 Å². The number of pyridine rings is 1. The lowest BCUT2D eigenvalue weighted by atomic mass is 9.79. The lowest BCUT2D eigenvalue weighted by Gasteiger charge is -2.40. The van der Waals surface area contributed by atoms with E-state index in [1.54, 1.807) is 4.90 Å². The van der Waals surface area contributed by atoms with Crippen molar-refractivity contribution in [1.82, 2.24) is 9.88 Å². The van der Waals surface area contributed by atoms with E-state index in [9.17, 15) is 9.59 Å². The van der Waals surface area contributed by atoms with E-state index in [4.69, 9.17) is 14.2 Å². The Hall–Kier alpha value is -4.07. The van der Waals surface area contributed by atoms with Crippen molar-refractivity contribution >= 4 is 17.7 Å². The van der Waals surface area contributed by atoms with Gasteiger partial charge in [0, 0.05) is 43.8 Å². The number of aryl methyl sites for hydroxylation is 1. The summed E-state index contributed by atoms with van der Waals surface area (Å²) < 4.78 is 17.3. The summed E-state index contributed by atoms with van der Waals surface area (Å²) in [7, 11) is 0. The molecular weight excluding hydrogens is 506 g/mol. The number of nitrogens with zero attached hydrogens (tertiary/aromatic N) is 3. The maximum absolute atomic E-state index is 13.2. The molecule has 3 heterocycles. The Bertz CT molecular complexity index is 1320. The van der Waals surface area contributed by atoms with Crippen LogP contribution in [0, 0.1) is 12.3 Å². The van der Waals surface area contributed by atoms with E-state index in [1.165, 1.54) is 5.56 Å². The normalized spacial score (nSPS) is 16.1. The number of aromatic nitrogens is 1. The van der Waals surface area contributed by atoms with Gasteiger partial charge in [-0.05, 0) is 74.1 Å². The average Bonchev–Trinajstić information content (AvgIpc) is 2.99. The van der Waals surface area contributed by atoms with Crippen molar-refractivity contribution in [2.45, 2.75) is 46.3 Å². The molecule has 0 aliphatic carbocycles. The molecule has 210 valence electrons. The highest BCUT2D eigenvalue weighted by Gasteiger charge is 2.44. The number of hydrogen-bond acceptors (Lipinski definition) is 7. The van der Waals surface area contributed by atoms with E-state index < -0.39 is 5.41 Å². The average molecular weight is 544 g/mol. The molecule has 0 bridgehead atoms. The molecule has 1 aromatic heterocycles. The molecule has 2 aromatic carbocycles. The smallest absolute Gasteiger partial charge is 0.410 e. The van der Waals surface area contributed by atoms with Gasteiger partial charge in [-0.25, -0.2) is 4.79 Å². The third-order valence-electron chi connectivity index (χ3n) is 7.84. The molecule has 0 atom stereocenters. The van der Waals surface area contributed by atoms with Crippen LogP contribution in [0.25, 0.3) is 0 Å². The molecule has 1 saturated heterocycles. The number of ether oxygens (including phenoxy) is 3. The number of hydrogen-bond donors (Lipinski definition) is 0. The van der Waals surface area contributed by atoms with Crippen molar-refractivity contribution in [2.75, 3.05) is 37.7 Å². The zero-order valence-corrected chi connectivity index (χ0v) is 23.3. The van der Waals surface area contributed by atoms with Gasteiger partial charge >= 0.3 is 12.1 Å². The highest BCUT2D eigenvalue weighted by molar-refractivity contribution is 5.77. The fourth-order valence-corrected chi connectivity index (χ4v) is 5.42. The van der Waals surface area contributed by atoms with Crippen LogP contribution in [0.1, 0.15) is 42.1 Å². The number of carbonyl (C=O) groups excluding carboxylic acids is 2. The SMILES string of the molecule is CCOC(=O)C1(COc2ccc3c(c2)CN(C(=O)OCc2ccccc2)CC3)CCN(c2ccnc(C)c2)CC1. The van der Waals surface area contributed by atoms with Crippen LogP contribution < -0.4 is 9.64 Å². The highest BCUT2D eigenvalue weighted by Crippen LogP contribution is 2.36. The van der Waals surface area contributed by atoms with Crippen molar-refractivity contribution in [3.05, 3.63) is 89.2 Å². The molecule has 5 rings (SSSR count). The minimum absolute atomic E-state index is 0.203. The predicted octanol–water partition coefficient (Wildman–Crippen LogP) is 5.31. The van der Waals surface area contributed by atoms with E-state index >= 15 is 0 Å². The van der Waals surface area contributed by atoms with Crippen LogP contribution in [0.5, 0.6) is 5.75 Å². The van der Waals surface area contributed by atoms with Crippen molar-refractivity contribution in [3.63, 3.8) is 0 Å². The monoisotopic (exact) mass is 543 g/mol. The van der Waals surface area contributed by atoms with Crippen LogP contribution in [0.3, 0.4) is 0 Å². The van der Waals surface area contributed by atoms with Crippen molar-refractivity contribution in [1.29, 1.82) is 0 Å². The van der Waals surface area contributed by atoms with Gasteiger partial charge in [0.25, 0.3) is 0 Å².